The molecular formula is C15H26N2O3. The lowest BCUT2D eigenvalue weighted by atomic mass is 9.80. The van der Waals surface area contributed by atoms with Crippen molar-refractivity contribution in [2.45, 2.75) is 69.9 Å². The molecule has 0 aromatic carbocycles. The van der Waals surface area contributed by atoms with Crippen LogP contribution in [0.25, 0.3) is 0 Å². The molecule has 0 spiro atoms. The SMILES string of the molecule is CCC1CCN(C(=O)C2(N)CCCCC2)C(C(=O)O)C1. The number of carbonyl (C=O) groups excluding carboxylic acids is 1. The summed E-state index contributed by atoms with van der Waals surface area (Å²) < 4.78 is 0. The van der Waals surface area contributed by atoms with E-state index in [1.165, 1.54) is 0 Å². The van der Waals surface area contributed by atoms with E-state index in [0.717, 1.165) is 32.1 Å². The third kappa shape index (κ3) is 2.97. The molecule has 2 atom stereocenters. The molecular weight excluding hydrogens is 256 g/mol. The zero-order chi connectivity index (χ0) is 14.8. The summed E-state index contributed by atoms with van der Waals surface area (Å²) in [6, 6.07) is -0.691. The highest BCUT2D eigenvalue weighted by Crippen LogP contribution is 2.32. The van der Waals surface area contributed by atoms with Crippen molar-refractivity contribution in [3.63, 3.8) is 0 Å². The van der Waals surface area contributed by atoms with Gasteiger partial charge in [0.15, 0.2) is 0 Å². The number of rotatable bonds is 3. The highest BCUT2D eigenvalue weighted by atomic mass is 16.4. The van der Waals surface area contributed by atoms with E-state index in [-0.39, 0.29) is 5.91 Å². The molecule has 20 heavy (non-hydrogen) atoms. The Labute approximate surface area is 120 Å². The van der Waals surface area contributed by atoms with E-state index in [1.807, 2.05) is 0 Å². The monoisotopic (exact) mass is 282 g/mol. The zero-order valence-electron chi connectivity index (χ0n) is 12.3. The number of carboxylic acids is 1. The number of piperidine rings is 1. The Morgan fingerprint density at radius 2 is 1.95 bits per heavy atom. The Kier molecular flexibility index (Phi) is 4.68. The second kappa shape index (κ2) is 6.12. The molecule has 0 bridgehead atoms. The number of amides is 1. The van der Waals surface area contributed by atoms with Crippen molar-refractivity contribution in [1.82, 2.24) is 4.90 Å². The summed E-state index contributed by atoms with van der Waals surface area (Å²) in [6.45, 7) is 2.61. The molecule has 0 aromatic rings. The minimum atomic E-state index is -0.893. The maximum atomic E-state index is 12.7. The molecule has 1 saturated heterocycles. The second-order valence-corrected chi connectivity index (χ2v) is 6.37. The summed E-state index contributed by atoms with van der Waals surface area (Å²) in [6.07, 6.45) is 6.84. The first kappa shape index (κ1) is 15.3. The number of hydrogen-bond donors (Lipinski definition) is 2. The van der Waals surface area contributed by atoms with Crippen molar-refractivity contribution in [3.05, 3.63) is 0 Å². The van der Waals surface area contributed by atoms with Crippen LogP contribution in [-0.4, -0.2) is 40.0 Å². The number of carboxylic acid groups (broad SMARTS) is 1. The van der Waals surface area contributed by atoms with Gasteiger partial charge in [0.05, 0.1) is 5.54 Å². The van der Waals surface area contributed by atoms with E-state index < -0.39 is 17.6 Å². The molecule has 1 heterocycles. The van der Waals surface area contributed by atoms with E-state index in [2.05, 4.69) is 6.92 Å². The summed E-state index contributed by atoms with van der Waals surface area (Å²) in [5.41, 5.74) is 5.45. The molecule has 2 aliphatic rings. The predicted octanol–water partition coefficient (Wildman–Crippen LogP) is 1.75. The summed E-state index contributed by atoms with van der Waals surface area (Å²) in [5, 5.41) is 9.42. The van der Waals surface area contributed by atoms with Gasteiger partial charge in [0.25, 0.3) is 0 Å². The first-order valence-electron chi connectivity index (χ1n) is 7.80. The fourth-order valence-corrected chi connectivity index (χ4v) is 3.57. The Balaban J connectivity index is 2.12. The van der Waals surface area contributed by atoms with Crippen LogP contribution in [0.5, 0.6) is 0 Å². The van der Waals surface area contributed by atoms with E-state index in [4.69, 9.17) is 5.73 Å². The van der Waals surface area contributed by atoms with Crippen molar-refractivity contribution in [2.75, 3.05) is 6.54 Å². The van der Waals surface area contributed by atoms with Crippen LogP contribution in [0.4, 0.5) is 0 Å². The molecule has 5 heteroatoms. The molecule has 5 nitrogen and oxygen atoms in total. The Bertz CT molecular complexity index is 377. The van der Waals surface area contributed by atoms with Crippen molar-refractivity contribution < 1.29 is 14.7 Å². The highest BCUT2D eigenvalue weighted by molar-refractivity contribution is 5.90. The average Bonchev–Trinajstić information content (AvgIpc) is 2.46. The van der Waals surface area contributed by atoms with Gasteiger partial charge in [-0.2, -0.15) is 0 Å². The summed E-state index contributed by atoms with van der Waals surface area (Å²) in [7, 11) is 0. The Morgan fingerprint density at radius 3 is 2.50 bits per heavy atom. The fraction of sp³-hybridized carbons (Fsp3) is 0.867. The van der Waals surface area contributed by atoms with Gasteiger partial charge in [-0.15, -0.1) is 0 Å². The number of aliphatic carboxylic acids is 1. The first-order chi connectivity index (χ1) is 9.48. The molecule has 1 amide bonds. The lowest BCUT2D eigenvalue weighted by Gasteiger charge is -2.43. The van der Waals surface area contributed by atoms with Gasteiger partial charge in [0.1, 0.15) is 6.04 Å². The van der Waals surface area contributed by atoms with Gasteiger partial charge in [0.2, 0.25) is 5.91 Å². The molecule has 0 aromatic heterocycles. The van der Waals surface area contributed by atoms with E-state index in [1.54, 1.807) is 4.90 Å². The molecule has 3 N–H and O–H groups in total. The smallest absolute Gasteiger partial charge is 0.326 e. The van der Waals surface area contributed by atoms with E-state index in [9.17, 15) is 14.7 Å². The normalized spacial score (nSPS) is 30.0. The average molecular weight is 282 g/mol. The molecule has 1 saturated carbocycles. The standard InChI is InChI=1S/C15H26N2O3/c1-2-11-6-9-17(12(10-11)13(18)19)14(20)15(16)7-4-3-5-8-15/h11-12H,2-10,16H2,1H3,(H,18,19). The lowest BCUT2D eigenvalue weighted by molar-refractivity contribution is -0.156. The molecule has 1 aliphatic carbocycles. The van der Waals surface area contributed by atoms with Gasteiger partial charge in [-0.05, 0) is 31.6 Å². The Hall–Kier alpha value is -1.10. The minimum Gasteiger partial charge on any atom is -0.480 e. The van der Waals surface area contributed by atoms with Crippen LogP contribution in [0, 0.1) is 5.92 Å². The van der Waals surface area contributed by atoms with Crippen molar-refractivity contribution in [3.8, 4) is 0 Å². The maximum absolute atomic E-state index is 12.7. The fourth-order valence-electron chi connectivity index (χ4n) is 3.57. The van der Waals surface area contributed by atoms with Crippen LogP contribution in [0.2, 0.25) is 0 Å². The van der Waals surface area contributed by atoms with Gasteiger partial charge in [-0.1, -0.05) is 32.6 Å². The van der Waals surface area contributed by atoms with Crippen LogP contribution < -0.4 is 5.73 Å². The second-order valence-electron chi connectivity index (χ2n) is 6.37. The number of likely N-dealkylation sites (tertiary alicyclic amines) is 1. The topological polar surface area (TPSA) is 83.6 Å². The minimum absolute atomic E-state index is 0.140. The molecule has 0 radical (unpaired) electrons. The van der Waals surface area contributed by atoms with Gasteiger partial charge >= 0.3 is 5.97 Å². The van der Waals surface area contributed by atoms with Gasteiger partial charge in [-0.3, -0.25) is 4.79 Å². The van der Waals surface area contributed by atoms with Crippen LogP contribution in [0.3, 0.4) is 0 Å². The highest BCUT2D eigenvalue weighted by Gasteiger charge is 2.44. The van der Waals surface area contributed by atoms with E-state index in [0.29, 0.717) is 31.7 Å². The third-order valence-electron chi connectivity index (χ3n) is 5.01. The summed E-state index contributed by atoms with van der Waals surface area (Å²) in [5.74, 6) is -0.629. The van der Waals surface area contributed by atoms with Crippen molar-refractivity contribution in [1.29, 1.82) is 0 Å². The lowest BCUT2D eigenvalue weighted by Crippen LogP contribution is -2.61. The number of nitrogens with two attached hydrogens (primary N) is 1. The zero-order valence-corrected chi connectivity index (χ0v) is 12.3. The summed E-state index contributed by atoms with van der Waals surface area (Å²) in [4.78, 5) is 25.7. The Morgan fingerprint density at radius 1 is 1.30 bits per heavy atom. The van der Waals surface area contributed by atoms with Crippen LogP contribution in [0.15, 0.2) is 0 Å². The maximum Gasteiger partial charge on any atom is 0.326 e. The number of hydrogen-bond acceptors (Lipinski definition) is 3. The number of carbonyl (C=O) groups is 2. The quantitative estimate of drug-likeness (QED) is 0.826. The molecule has 2 unspecified atom stereocenters. The van der Waals surface area contributed by atoms with Gasteiger partial charge < -0.3 is 15.7 Å². The molecule has 114 valence electrons. The van der Waals surface area contributed by atoms with Gasteiger partial charge in [-0.25, -0.2) is 4.79 Å². The van der Waals surface area contributed by atoms with E-state index >= 15 is 0 Å². The van der Waals surface area contributed by atoms with Crippen LogP contribution in [0.1, 0.15) is 58.3 Å². The molecule has 1 aliphatic heterocycles. The third-order valence-corrected chi connectivity index (χ3v) is 5.01. The van der Waals surface area contributed by atoms with Crippen molar-refractivity contribution in [2.24, 2.45) is 11.7 Å². The van der Waals surface area contributed by atoms with Crippen LogP contribution in [-0.2, 0) is 9.59 Å². The molecule has 2 rings (SSSR count). The first-order valence-corrected chi connectivity index (χ1v) is 7.80. The predicted molar refractivity (Wildman–Crippen MR) is 76.2 cm³/mol. The summed E-state index contributed by atoms with van der Waals surface area (Å²) >= 11 is 0. The molecule has 2 fully saturated rings. The van der Waals surface area contributed by atoms with Crippen molar-refractivity contribution >= 4 is 11.9 Å². The number of nitrogens with zero attached hydrogens (tertiary/aromatic N) is 1. The largest absolute Gasteiger partial charge is 0.480 e. The van der Waals surface area contributed by atoms with Gasteiger partial charge in [0, 0.05) is 6.54 Å². The van der Waals surface area contributed by atoms with Crippen LogP contribution >= 0.6 is 0 Å².